The van der Waals surface area contributed by atoms with Gasteiger partial charge in [-0.05, 0) is 24.8 Å². The van der Waals surface area contributed by atoms with E-state index in [4.69, 9.17) is 23.7 Å². The van der Waals surface area contributed by atoms with E-state index in [-0.39, 0.29) is 24.6 Å². The number of esters is 1. The number of aliphatic hydroxyl groups excluding tert-OH is 2. The highest BCUT2D eigenvalue weighted by Crippen LogP contribution is 2.39. The van der Waals surface area contributed by atoms with Crippen molar-refractivity contribution in [2.75, 3.05) is 13.7 Å². The van der Waals surface area contributed by atoms with Gasteiger partial charge in [0.25, 0.3) is 0 Å². The average molecular weight is 422 g/mol. The minimum Gasteiger partial charge on any atom is -0.469 e. The molecule has 3 aliphatic heterocycles. The first kappa shape index (κ1) is 21.7. The van der Waals surface area contributed by atoms with Gasteiger partial charge in [0.1, 0.15) is 30.5 Å². The van der Waals surface area contributed by atoms with Crippen molar-refractivity contribution in [2.45, 2.75) is 81.1 Å². The molecule has 0 radical (unpaired) electrons. The summed E-state index contributed by atoms with van der Waals surface area (Å²) < 4.78 is 28.4. The zero-order chi connectivity index (χ0) is 21.1. The van der Waals surface area contributed by atoms with Crippen molar-refractivity contribution in [2.24, 2.45) is 0 Å². The van der Waals surface area contributed by atoms with Gasteiger partial charge in [-0.15, -0.1) is 0 Å². The van der Waals surface area contributed by atoms with Crippen LogP contribution in [0.15, 0.2) is 30.3 Å². The fraction of sp³-hybridized carbons (Fsp3) is 0.682. The second-order valence-electron chi connectivity index (χ2n) is 8.17. The van der Waals surface area contributed by atoms with Gasteiger partial charge in [-0.1, -0.05) is 30.3 Å². The number of rotatable bonds is 7. The number of fused-ring (bicyclic) bond motifs is 2. The van der Waals surface area contributed by atoms with Crippen LogP contribution in [0.3, 0.4) is 0 Å². The van der Waals surface area contributed by atoms with Crippen LogP contribution in [0.25, 0.3) is 0 Å². The lowest BCUT2D eigenvalue weighted by Crippen LogP contribution is -2.61. The van der Waals surface area contributed by atoms with Gasteiger partial charge in [-0.25, -0.2) is 0 Å². The molecule has 3 aliphatic rings. The first-order valence-corrected chi connectivity index (χ1v) is 10.6. The summed E-state index contributed by atoms with van der Waals surface area (Å²) in [5.74, 6) is -0.342. The molecule has 0 aliphatic carbocycles. The van der Waals surface area contributed by atoms with E-state index in [1.165, 1.54) is 7.11 Å². The number of methoxy groups -OCH3 is 1. The number of hydrogen-bond acceptors (Lipinski definition) is 8. The average Bonchev–Trinajstić information content (AvgIpc) is 3.08. The van der Waals surface area contributed by atoms with Crippen LogP contribution in [0.2, 0.25) is 0 Å². The zero-order valence-corrected chi connectivity index (χ0v) is 17.1. The molecule has 3 fully saturated rings. The molecule has 30 heavy (non-hydrogen) atoms. The summed E-state index contributed by atoms with van der Waals surface area (Å²) in [6, 6.07) is 9.87. The van der Waals surface area contributed by atoms with Crippen LogP contribution in [-0.4, -0.2) is 78.7 Å². The number of carbonyl (C=O) groups is 1. The standard InChI is InChI=1S/C22H30O8/c1-26-17(23)11-14-7-8-16-20(28-14)19(25)22-21(30-16)18(24)15(29-22)9-10-27-12-13-5-3-2-4-6-13/h2-6,14-16,18-22,24-25H,7-12H2,1H3/t14-,15-,16+,18-,19+,20+,21+,22+/m1/s1. The first-order valence-electron chi connectivity index (χ1n) is 10.6. The van der Waals surface area contributed by atoms with Gasteiger partial charge >= 0.3 is 5.97 Å². The highest BCUT2D eigenvalue weighted by molar-refractivity contribution is 5.69. The lowest BCUT2D eigenvalue weighted by atomic mass is 9.88. The number of benzene rings is 1. The Morgan fingerprint density at radius 3 is 2.57 bits per heavy atom. The van der Waals surface area contributed by atoms with Crippen LogP contribution in [0.1, 0.15) is 31.2 Å². The Balaban J connectivity index is 1.29. The highest BCUT2D eigenvalue weighted by Gasteiger charge is 2.56. The van der Waals surface area contributed by atoms with Gasteiger partial charge in [0, 0.05) is 6.61 Å². The van der Waals surface area contributed by atoms with E-state index in [1.54, 1.807) is 0 Å². The van der Waals surface area contributed by atoms with Crippen LogP contribution in [-0.2, 0) is 35.1 Å². The summed E-state index contributed by atoms with van der Waals surface area (Å²) in [6.07, 6.45) is -2.83. The van der Waals surface area contributed by atoms with Crippen LogP contribution in [0.4, 0.5) is 0 Å². The third-order valence-electron chi connectivity index (χ3n) is 6.15. The maximum absolute atomic E-state index is 11.5. The minimum absolute atomic E-state index is 0.144. The number of hydrogen-bond donors (Lipinski definition) is 2. The molecule has 8 nitrogen and oxygen atoms in total. The maximum Gasteiger partial charge on any atom is 0.308 e. The molecule has 8 atom stereocenters. The monoisotopic (exact) mass is 422 g/mol. The number of aliphatic hydroxyl groups is 2. The van der Waals surface area contributed by atoms with Gasteiger partial charge in [-0.3, -0.25) is 4.79 Å². The SMILES string of the molecule is COC(=O)C[C@H]1CC[C@@H]2O[C@H]3[C@H](O)[C@@H](CCOCc4ccccc4)O[C@H]3[C@@H](O)[C@H]2O1. The molecular formula is C22H30O8. The second-order valence-corrected chi connectivity index (χ2v) is 8.17. The molecule has 0 aromatic heterocycles. The van der Waals surface area contributed by atoms with Crippen molar-refractivity contribution in [1.82, 2.24) is 0 Å². The van der Waals surface area contributed by atoms with Crippen LogP contribution in [0.5, 0.6) is 0 Å². The van der Waals surface area contributed by atoms with E-state index in [0.29, 0.717) is 32.5 Å². The summed E-state index contributed by atoms with van der Waals surface area (Å²) in [5.41, 5.74) is 1.08. The predicted molar refractivity (Wildman–Crippen MR) is 105 cm³/mol. The Hall–Kier alpha value is -1.55. The van der Waals surface area contributed by atoms with Crippen molar-refractivity contribution < 1.29 is 38.7 Å². The van der Waals surface area contributed by atoms with Gasteiger partial charge < -0.3 is 33.9 Å². The first-order chi connectivity index (χ1) is 14.6. The molecule has 0 amide bonds. The minimum atomic E-state index is -0.931. The van der Waals surface area contributed by atoms with E-state index in [1.807, 2.05) is 30.3 Å². The second kappa shape index (κ2) is 9.72. The molecule has 4 rings (SSSR count). The topological polar surface area (TPSA) is 104 Å². The summed E-state index contributed by atoms with van der Waals surface area (Å²) in [7, 11) is 1.34. The van der Waals surface area contributed by atoms with Crippen molar-refractivity contribution in [3.8, 4) is 0 Å². The lowest BCUT2D eigenvalue weighted by Gasteiger charge is -2.46. The van der Waals surface area contributed by atoms with Gasteiger partial charge in [0.2, 0.25) is 0 Å². The predicted octanol–water partition coefficient (Wildman–Crippen LogP) is 0.961. The molecule has 1 aromatic rings. The molecule has 0 spiro atoms. The summed E-state index contributed by atoms with van der Waals surface area (Å²) in [5, 5.41) is 21.5. The molecule has 2 N–H and O–H groups in total. The molecule has 3 heterocycles. The Labute approximate surface area is 176 Å². The lowest BCUT2D eigenvalue weighted by molar-refractivity contribution is -0.259. The van der Waals surface area contributed by atoms with Crippen molar-refractivity contribution in [3.63, 3.8) is 0 Å². The summed E-state index contributed by atoms with van der Waals surface area (Å²) in [4.78, 5) is 11.5. The van der Waals surface area contributed by atoms with E-state index < -0.39 is 36.6 Å². The van der Waals surface area contributed by atoms with E-state index in [9.17, 15) is 15.0 Å². The van der Waals surface area contributed by atoms with Crippen LogP contribution >= 0.6 is 0 Å². The molecule has 3 saturated heterocycles. The summed E-state index contributed by atoms with van der Waals surface area (Å²) >= 11 is 0. The highest BCUT2D eigenvalue weighted by atomic mass is 16.6. The molecular weight excluding hydrogens is 392 g/mol. The zero-order valence-electron chi connectivity index (χ0n) is 17.1. The van der Waals surface area contributed by atoms with E-state index in [0.717, 1.165) is 5.56 Å². The molecule has 8 heteroatoms. The number of ether oxygens (including phenoxy) is 5. The third kappa shape index (κ3) is 4.69. The fourth-order valence-electron chi connectivity index (χ4n) is 4.55. The third-order valence-corrected chi connectivity index (χ3v) is 6.15. The normalized spacial score (nSPS) is 38.0. The Morgan fingerprint density at radius 2 is 1.80 bits per heavy atom. The number of carbonyl (C=O) groups excluding carboxylic acids is 1. The Bertz CT molecular complexity index is 698. The van der Waals surface area contributed by atoms with Crippen LogP contribution < -0.4 is 0 Å². The smallest absolute Gasteiger partial charge is 0.308 e. The fourth-order valence-corrected chi connectivity index (χ4v) is 4.55. The van der Waals surface area contributed by atoms with E-state index >= 15 is 0 Å². The van der Waals surface area contributed by atoms with Crippen molar-refractivity contribution >= 4 is 5.97 Å². The van der Waals surface area contributed by atoms with E-state index in [2.05, 4.69) is 0 Å². The largest absolute Gasteiger partial charge is 0.469 e. The summed E-state index contributed by atoms with van der Waals surface area (Å²) in [6.45, 7) is 0.923. The molecule has 0 unspecified atom stereocenters. The molecule has 0 saturated carbocycles. The molecule has 0 bridgehead atoms. The Kier molecular flexibility index (Phi) is 7.02. The Morgan fingerprint density at radius 1 is 1.03 bits per heavy atom. The van der Waals surface area contributed by atoms with Crippen molar-refractivity contribution in [3.05, 3.63) is 35.9 Å². The van der Waals surface area contributed by atoms with Crippen LogP contribution in [0, 0.1) is 0 Å². The molecule has 166 valence electrons. The maximum atomic E-state index is 11.5. The molecule has 1 aromatic carbocycles. The van der Waals surface area contributed by atoms with Gasteiger partial charge in [0.15, 0.2) is 0 Å². The quantitative estimate of drug-likeness (QED) is 0.495. The van der Waals surface area contributed by atoms with Crippen molar-refractivity contribution in [1.29, 1.82) is 0 Å². The van der Waals surface area contributed by atoms with Gasteiger partial charge in [0.05, 0.1) is 38.4 Å². The van der Waals surface area contributed by atoms with Gasteiger partial charge in [-0.2, -0.15) is 0 Å².